The Morgan fingerprint density at radius 1 is 0.402 bits per heavy atom. The summed E-state index contributed by atoms with van der Waals surface area (Å²) in [6, 6.07) is -0.968. The van der Waals surface area contributed by atoms with Crippen LogP contribution in [0.3, 0.4) is 0 Å². The zero-order valence-corrected chi connectivity index (χ0v) is 54.3. The molecule has 87 heavy (non-hydrogen) atoms. The zero-order chi connectivity index (χ0) is 63.3. The van der Waals surface area contributed by atoms with Crippen molar-refractivity contribution in [3.8, 4) is 0 Å². The van der Waals surface area contributed by atoms with Gasteiger partial charge in [-0.25, -0.2) is 0 Å². The smallest absolute Gasteiger partial charge is 0.220 e. The second-order valence-electron chi connectivity index (χ2n) is 25.7. The van der Waals surface area contributed by atoms with Gasteiger partial charge >= 0.3 is 0 Å². The molecule has 3 rings (SSSR count). The molecule has 17 atom stereocenters. The topological polar surface area (TPSA) is 307 Å². The maximum absolute atomic E-state index is 13.4. The van der Waals surface area contributed by atoms with E-state index in [9.17, 15) is 61.0 Å². The van der Waals surface area contributed by atoms with Gasteiger partial charge in [0.05, 0.1) is 38.6 Å². The van der Waals surface area contributed by atoms with Crippen molar-refractivity contribution in [1.82, 2.24) is 5.32 Å². The Labute approximate surface area is 525 Å². The number of nitrogens with one attached hydrogen (secondary N) is 1. The third-order valence-corrected chi connectivity index (χ3v) is 18.1. The zero-order valence-electron chi connectivity index (χ0n) is 54.3. The van der Waals surface area contributed by atoms with Gasteiger partial charge in [0.2, 0.25) is 5.91 Å². The number of allylic oxidation sites excluding steroid dienone is 1. The van der Waals surface area contributed by atoms with Crippen LogP contribution in [0.4, 0.5) is 0 Å². The standard InChI is InChI=1S/C68H129NO18/c1-3-5-7-9-11-13-15-17-18-19-20-21-22-23-24-25-26-27-28-29-30-31-32-34-35-37-39-41-43-45-52(73)51(69-56(74)46-44-42-40-38-36-33-16-14-12-10-8-6-4-2)50-82-66-62(80)59(77)64(54(48-71)84-66)87-68-63(81)60(78)65(55(49-72)85-68)86-67-61(79)58(76)57(75)53(47-70)83-67/h43,45,51-55,57-68,70-73,75-81H,3-42,44,46-50H2,1-2H3,(H,69,74)/b45-43+. The molecule has 12 N–H and O–H groups in total. The first-order chi connectivity index (χ1) is 42.3. The number of amides is 1. The normalized spacial score (nSPS) is 28.6. The molecule has 514 valence electrons. The van der Waals surface area contributed by atoms with Crippen LogP contribution in [0.1, 0.15) is 284 Å². The monoisotopic (exact) mass is 1250 g/mol. The molecule has 0 aromatic rings. The van der Waals surface area contributed by atoms with Crippen molar-refractivity contribution in [1.29, 1.82) is 0 Å². The molecule has 0 aliphatic carbocycles. The summed E-state index contributed by atoms with van der Waals surface area (Å²) in [5.74, 6) is -0.271. The van der Waals surface area contributed by atoms with Gasteiger partial charge in [-0.1, -0.05) is 270 Å². The molecule has 19 heteroatoms. The van der Waals surface area contributed by atoms with E-state index in [0.717, 1.165) is 44.9 Å². The third kappa shape index (κ3) is 33.3. The first kappa shape index (κ1) is 79.8. The Morgan fingerprint density at radius 2 is 0.713 bits per heavy atom. The number of hydrogen-bond donors (Lipinski definition) is 12. The molecule has 3 saturated heterocycles. The van der Waals surface area contributed by atoms with Gasteiger partial charge in [-0.3, -0.25) is 4.79 Å². The van der Waals surface area contributed by atoms with Crippen molar-refractivity contribution in [2.45, 2.75) is 388 Å². The van der Waals surface area contributed by atoms with Gasteiger partial charge < -0.3 is 89.9 Å². The molecule has 0 aromatic heterocycles. The van der Waals surface area contributed by atoms with E-state index in [4.69, 9.17) is 28.4 Å². The first-order valence-electron chi connectivity index (χ1n) is 35.4. The van der Waals surface area contributed by atoms with Gasteiger partial charge in [-0.05, 0) is 19.3 Å². The molecule has 3 heterocycles. The summed E-state index contributed by atoms with van der Waals surface area (Å²) in [5.41, 5.74) is 0. The van der Waals surface area contributed by atoms with E-state index in [2.05, 4.69) is 19.2 Å². The van der Waals surface area contributed by atoms with Crippen LogP contribution in [-0.2, 0) is 33.2 Å². The molecule has 0 spiro atoms. The van der Waals surface area contributed by atoms with Crippen molar-refractivity contribution in [2.75, 3.05) is 26.4 Å². The van der Waals surface area contributed by atoms with Gasteiger partial charge in [0.15, 0.2) is 18.9 Å². The second-order valence-corrected chi connectivity index (χ2v) is 25.7. The SMILES string of the molecule is CCCCCCCCCCCCCCCCCCCCCCCCCCCCC/C=C/C(O)C(COC1OC(CO)C(OC2OC(CO)C(OC3OC(CO)C(O)C(O)C3O)C(O)C2O)C(O)C1O)NC(=O)CCCCCCCCCCCCCCC. The van der Waals surface area contributed by atoms with Crippen molar-refractivity contribution >= 4 is 5.91 Å². The Morgan fingerprint density at radius 3 is 1.08 bits per heavy atom. The van der Waals surface area contributed by atoms with Gasteiger partial charge in [-0.15, -0.1) is 0 Å². The van der Waals surface area contributed by atoms with E-state index in [1.54, 1.807) is 6.08 Å². The Bertz CT molecular complexity index is 1630. The average molecular weight is 1250 g/mol. The van der Waals surface area contributed by atoms with Crippen LogP contribution < -0.4 is 5.32 Å². The van der Waals surface area contributed by atoms with Crippen LogP contribution in [-0.4, -0.2) is 193 Å². The number of hydrogen-bond acceptors (Lipinski definition) is 18. The lowest BCUT2D eigenvalue weighted by Gasteiger charge is -2.48. The molecule has 0 aromatic carbocycles. The van der Waals surface area contributed by atoms with Gasteiger partial charge in [0.25, 0.3) is 0 Å². The predicted molar refractivity (Wildman–Crippen MR) is 337 cm³/mol. The minimum absolute atomic E-state index is 0.249. The second kappa shape index (κ2) is 51.0. The van der Waals surface area contributed by atoms with Gasteiger partial charge in [0.1, 0.15) is 73.2 Å². The molecule has 3 aliphatic rings. The fourth-order valence-corrected chi connectivity index (χ4v) is 12.3. The van der Waals surface area contributed by atoms with Crippen LogP contribution in [0.5, 0.6) is 0 Å². The minimum atomic E-state index is -1.98. The van der Waals surface area contributed by atoms with Crippen LogP contribution in [0.2, 0.25) is 0 Å². The molecule has 0 radical (unpaired) electrons. The highest BCUT2D eigenvalue weighted by molar-refractivity contribution is 5.76. The fourth-order valence-electron chi connectivity index (χ4n) is 12.3. The largest absolute Gasteiger partial charge is 0.394 e. The number of unbranched alkanes of at least 4 members (excludes halogenated alkanes) is 39. The van der Waals surface area contributed by atoms with E-state index in [1.165, 1.54) is 212 Å². The van der Waals surface area contributed by atoms with Crippen molar-refractivity contribution in [3.63, 3.8) is 0 Å². The molecule has 17 unspecified atom stereocenters. The highest BCUT2D eigenvalue weighted by Crippen LogP contribution is 2.33. The van der Waals surface area contributed by atoms with Gasteiger partial charge in [0, 0.05) is 6.42 Å². The Kier molecular flexibility index (Phi) is 46.8. The first-order valence-corrected chi connectivity index (χ1v) is 35.4. The quantitative estimate of drug-likeness (QED) is 0.0199. The molecular formula is C68H129NO18. The Balaban J connectivity index is 1.39. The summed E-state index contributed by atoms with van der Waals surface area (Å²) in [4.78, 5) is 13.4. The minimum Gasteiger partial charge on any atom is -0.394 e. The maximum atomic E-state index is 13.4. The number of ether oxygens (including phenoxy) is 6. The van der Waals surface area contributed by atoms with E-state index >= 15 is 0 Å². The van der Waals surface area contributed by atoms with Crippen LogP contribution in [0.25, 0.3) is 0 Å². The van der Waals surface area contributed by atoms with Crippen molar-refractivity contribution in [2.24, 2.45) is 0 Å². The highest BCUT2D eigenvalue weighted by Gasteiger charge is 2.53. The van der Waals surface area contributed by atoms with Crippen molar-refractivity contribution in [3.05, 3.63) is 12.2 Å². The van der Waals surface area contributed by atoms with E-state index < -0.39 is 124 Å². The molecule has 1 amide bonds. The third-order valence-electron chi connectivity index (χ3n) is 18.1. The van der Waals surface area contributed by atoms with E-state index in [1.807, 2.05) is 6.08 Å². The van der Waals surface area contributed by atoms with Crippen LogP contribution in [0.15, 0.2) is 12.2 Å². The van der Waals surface area contributed by atoms with Crippen molar-refractivity contribution < 1.29 is 89.4 Å². The predicted octanol–water partition coefficient (Wildman–Crippen LogP) is 9.28. The average Bonchev–Trinajstić information content (AvgIpc) is 2.08. The summed E-state index contributed by atoms with van der Waals surface area (Å²) in [5, 5.41) is 120. The number of carbonyl (C=O) groups is 1. The van der Waals surface area contributed by atoms with E-state index in [-0.39, 0.29) is 18.9 Å². The highest BCUT2D eigenvalue weighted by atomic mass is 16.8. The molecule has 0 bridgehead atoms. The molecule has 0 saturated carbocycles. The summed E-state index contributed by atoms with van der Waals surface area (Å²) < 4.78 is 34.3. The van der Waals surface area contributed by atoms with Gasteiger partial charge in [-0.2, -0.15) is 0 Å². The summed E-state index contributed by atoms with van der Waals surface area (Å²) >= 11 is 0. The summed E-state index contributed by atoms with van der Waals surface area (Å²) in [7, 11) is 0. The Hall–Kier alpha value is -1.47. The molecule has 19 nitrogen and oxygen atoms in total. The molecule has 3 fully saturated rings. The summed E-state index contributed by atoms with van der Waals surface area (Å²) in [6.45, 7) is 1.76. The van der Waals surface area contributed by atoms with E-state index in [0.29, 0.717) is 6.42 Å². The number of aliphatic hydroxyl groups excluding tert-OH is 11. The fraction of sp³-hybridized carbons (Fsp3) is 0.956. The molecule has 3 aliphatic heterocycles. The number of aliphatic hydroxyl groups is 11. The number of carbonyl (C=O) groups excluding carboxylic acids is 1. The lowest BCUT2D eigenvalue weighted by molar-refractivity contribution is -0.379. The van der Waals surface area contributed by atoms with Crippen LogP contribution in [0, 0.1) is 0 Å². The lowest BCUT2D eigenvalue weighted by atomic mass is 9.96. The number of rotatable bonds is 55. The van der Waals surface area contributed by atoms with Crippen LogP contribution >= 0.6 is 0 Å². The lowest BCUT2D eigenvalue weighted by Crippen LogP contribution is -2.66. The molecular weight excluding hydrogens is 1120 g/mol. The summed E-state index contributed by atoms with van der Waals surface area (Å²) in [6.07, 6.45) is 29.2. The maximum Gasteiger partial charge on any atom is 0.220 e.